The van der Waals surface area contributed by atoms with Crippen molar-refractivity contribution in [2.75, 3.05) is 31.1 Å². The van der Waals surface area contributed by atoms with Gasteiger partial charge in [-0.25, -0.2) is 4.98 Å². The summed E-state index contributed by atoms with van der Waals surface area (Å²) in [4.78, 5) is 6.78. The number of hydrogen-bond acceptors (Lipinski definition) is 3. The first-order valence-electron chi connectivity index (χ1n) is 6.97. The molecule has 1 aromatic rings. The van der Waals surface area contributed by atoms with Crippen molar-refractivity contribution in [3.05, 3.63) is 21.8 Å². The summed E-state index contributed by atoms with van der Waals surface area (Å²) in [5, 5.41) is 4.25. The number of anilines is 1. The third-order valence-electron chi connectivity index (χ3n) is 3.47. The van der Waals surface area contributed by atoms with Gasteiger partial charge in [0.2, 0.25) is 0 Å². The lowest BCUT2D eigenvalue weighted by atomic mass is 9.98. The molecule has 1 atom stereocenters. The topological polar surface area (TPSA) is 28.2 Å². The number of piperidine rings is 1. The van der Waals surface area contributed by atoms with Crippen LogP contribution in [0.2, 0.25) is 5.02 Å². The number of aromatic nitrogens is 1. The maximum absolute atomic E-state index is 6.29. The van der Waals surface area contributed by atoms with E-state index in [1.165, 1.54) is 19.3 Å². The van der Waals surface area contributed by atoms with Gasteiger partial charge in [-0.3, -0.25) is 0 Å². The zero-order valence-electron chi connectivity index (χ0n) is 11.3. The minimum absolute atomic E-state index is 0.696. The molecule has 0 bridgehead atoms. The second kappa shape index (κ2) is 7.46. The molecule has 0 radical (unpaired) electrons. The van der Waals surface area contributed by atoms with Gasteiger partial charge in [0.05, 0.1) is 5.02 Å². The first kappa shape index (κ1) is 15.1. The molecule has 0 saturated carbocycles. The number of nitrogens with zero attached hydrogens (tertiary/aromatic N) is 2. The number of rotatable bonds is 5. The molecular formula is C14H21BrClN3. The van der Waals surface area contributed by atoms with Crippen molar-refractivity contribution in [1.82, 2.24) is 10.3 Å². The van der Waals surface area contributed by atoms with Crippen LogP contribution in [0.25, 0.3) is 0 Å². The van der Waals surface area contributed by atoms with E-state index in [2.05, 4.69) is 38.1 Å². The molecule has 3 nitrogen and oxygen atoms in total. The Morgan fingerprint density at radius 2 is 2.42 bits per heavy atom. The second-order valence-electron chi connectivity index (χ2n) is 5.12. The number of pyridine rings is 1. The van der Waals surface area contributed by atoms with Crippen LogP contribution >= 0.6 is 27.5 Å². The molecule has 5 heteroatoms. The van der Waals surface area contributed by atoms with Gasteiger partial charge in [-0.2, -0.15) is 0 Å². The fraction of sp³-hybridized carbons (Fsp3) is 0.643. The lowest BCUT2D eigenvalue weighted by Gasteiger charge is -2.34. The summed E-state index contributed by atoms with van der Waals surface area (Å²) in [5.74, 6) is 1.62. The second-order valence-corrected chi connectivity index (χ2v) is 6.44. The normalized spacial score (nSPS) is 19.7. The van der Waals surface area contributed by atoms with Crippen molar-refractivity contribution in [2.24, 2.45) is 5.92 Å². The Morgan fingerprint density at radius 1 is 1.58 bits per heavy atom. The van der Waals surface area contributed by atoms with E-state index < -0.39 is 0 Å². The maximum atomic E-state index is 6.29. The van der Waals surface area contributed by atoms with Crippen molar-refractivity contribution in [3.8, 4) is 0 Å². The lowest BCUT2D eigenvalue weighted by molar-refractivity contribution is 0.391. The molecule has 1 saturated heterocycles. The summed E-state index contributed by atoms with van der Waals surface area (Å²) in [5.41, 5.74) is 0. The van der Waals surface area contributed by atoms with E-state index >= 15 is 0 Å². The van der Waals surface area contributed by atoms with E-state index in [4.69, 9.17) is 11.6 Å². The molecule has 1 aliphatic heterocycles. The highest BCUT2D eigenvalue weighted by Gasteiger charge is 2.22. The zero-order chi connectivity index (χ0) is 13.7. The fourth-order valence-electron chi connectivity index (χ4n) is 2.55. The average molecular weight is 347 g/mol. The van der Waals surface area contributed by atoms with Gasteiger partial charge < -0.3 is 10.2 Å². The van der Waals surface area contributed by atoms with Crippen molar-refractivity contribution in [2.45, 2.75) is 26.2 Å². The Bertz CT molecular complexity index is 414. The SMILES string of the molecule is CCCNCC1CCCN(c2ncc(Br)cc2Cl)C1. The summed E-state index contributed by atoms with van der Waals surface area (Å²) in [6.45, 7) is 6.50. The van der Waals surface area contributed by atoms with Gasteiger partial charge in [-0.05, 0) is 60.3 Å². The molecule has 0 aromatic carbocycles. The highest BCUT2D eigenvalue weighted by atomic mass is 79.9. The lowest BCUT2D eigenvalue weighted by Crippen LogP contribution is -2.40. The molecule has 19 heavy (non-hydrogen) atoms. The van der Waals surface area contributed by atoms with Gasteiger partial charge in [-0.1, -0.05) is 18.5 Å². The van der Waals surface area contributed by atoms with Crippen LogP contribution in [0.5, 0.6) is 0 Å². The molecule has 106 valence electrons. The van der Waals surface area contributed by atoms with Gasteiger partial charge in [0.15, 0.2) is 0 Å². The standard InChI is InChI=1S/C14H21BrClN3/c1-2-5-17-8-11-4-3-6-19(10-11)14-13(16)7-12(15)9-18-14/h7,9,11,17H,2-6,8,10H2,1H3. The van der Waals surface area contributed by atoms with Crippen molar-refractivity contribution >= 4 is 33.3 Å². The minimum Gasteiger partial charge on any atom is -0.355 e. The maximum Gasteiger partial charge on any atom is 0.147 e. The minimum atomic E-state index is 0.696. The molecule has 2 rings (SSSR count). The predicted octanol–water partition coefficient (Wildman–Crippen LogP) is 3.71. The number of nitrogens with one attached hydrogen (secondary N) is 1. The predicted molar refractivity (Wildman–Crippen MR) is 85.0 cm³/mol. The van der Waals surface area contributed by atoms with Gasteiger partial charge in [-0.15, -0.1) is 0 Å². The molecule has 1 unspecified atom stereocenters. The van der Waals surface area contributed by atoms with Crippen LogP contribution in [0.3, 0.4) is 0 Å². The number of halogens is 2. The van der Waals surface area contributed by atoms with Crippen molar-refractivity contribution in [3.63, 3.8) is 0 Å². The summed E-state index contributed by atoms with van der Waals surface area (Å²) < 4.78 is 0.930. The van der Waals surface area contributed by atoms with Crippen LogP contribution in [0, 0.1) is 5.92 Å². The highest BCUT2D eigenvalue weighted by molar-refractivity contribution is 9.10. The van der Waals surface area contributed by atoms with E-state index in [1.54, 1.807) is 0 Å². The van der Waals surface area contributed by atoms with E-state index in [1.807, 2.05) is 12.3 Å². The highest BCUT2D eigenvalue weighted by Crippen LogP contribution is 2.29. The Hall–Kier alpha value is -0.320. The Morgan fingerprint density at radius 3 is 3.16 bits per heavy atom. The summed E-state index contributed by atoms with van der Waals surface area (Å²) in [6.07, 6.45) is 5.52. The van der Waals surface area contributed by atoms with E-state index in [9.17, 15) is 0 Å². The van der Waals surface area contributed by atoms with Gasteiger partial charge in [0.1, 0.15) is 5.82 Å². The first-order valence-corrected chi connectivity index (χ1v) is 8.14. The van der Waals surface area contributed by atoms with Crippen LogP contribution < -0.4 is 10.2 Å². The van der Waals surface area contributed by atoms with Gasteiger partial charge >= 0.3 is 0 Å². The van der Waals surface area contributed by atoms with Gasteiger partial charge in [0, 0.05) is 23.8 Å². The fourth-order valence-corrected chi connectivity index (χ4v) is 3.30. The van der Waals surface area contributed by atoms with E-state index in [-0.39, 0.29) is 0 Å². The molecule has 1 fully saturated rings. The van der Waals surface area contributed by atoms with E-state index in [0.717, 1.165) is 41.5 Å². The van der Waals surface area contributed by atoms with Crippen LogP contribution in [0.4, 0.5) is 5.82 Å². The monoisotopic (exact) mass is 345 g/mol. The van der Waals surface area contributed by atoms with Gasteiger partial charge in [0.25, 0.3) is 0 Å². The molecular weight excluding hydrogens is 326 g/mol. The summed E-state index contributed by atoms with van der Waals surface area (Å²) >= 11 is 9.69. The smallest absolute Gasteiger partial charge is 0.147 e. The quantitative estimate of drug-likeness (QED) is 0.824. The van der Waals surface area contributed by atoms with Crippen molar-refractivity contribution < 1.29 is 0 Å². The number of hydrogen-bond donors (Lipinski definition) is 1. The Balaban J connectivity index is 1.96. The van der Waals surface area contributed by atoms with E-state index in [0.29, 0.717) is 5.92 Å². The molecule has 0 aliphatic carbocycles. The molecule has 1 aromatic heterocycles. The third-order valence-corrected chi connectivity index (χ3v) is 4.18. The zero-order valence-corrected chi connectivity index (χ0v) is 13.7. The molecule has 1 aliphatic rings. The molecule has 2 heterocycles. The third kappa shape index (κ3) is 4.33. The first-order chi connectivity index (χ1) is 9.20. The molecule has 0 spiro atoms. The molecule has 1 N–H and O–H groups in total. The summed E-state index contributed by atoms with van der Waals surface area (Å²) in [6, 6.07) is 1.92. The average Bonchev–Trinajstić information content (AvgIpc) is 2.39. The van der Waals surface area contributed by atoms with Crippen LogP contribution in [0.15, 0.2) is 16.7 Å². The Labute approximate surface area is 128 Å². The Kier molecular flexibility index (Phi) is 5.92. The largest absolute Gasteiger partial charge is 0.355 e. The van der Waals surface area contributed by atoms with Crippen LogP contribution in [-0.4, -0.2) is 31.2 Å². The molecule has 0 amide bonds. The van der Waals surface area contributed by atoms with Crippen molar-refractivity contribution in [1.29, 1.82) is 0 Å². The van der Waals surface area contributed by atoms with Crippen LogP contribution in [0.1, 0.15) is 26.2 Å². The van der Waals surface area contributed by atoms with Crippen LogP contribution in [-0.2, 0) is 0 Å². The summed E-state index contributed by atoms with van der Waals surface area (Å²) in [7, 11) is 0.